The Morgan fingerprint density at radius 2 is 0.828 bits per heavy atom. The van der Waals surface area contributed by atoms with E-state index in [1.807, 2.05) is 27.7 Å². The topological polar surface area (TPSA) is 0 Å². The second-order valence-corrected chi connectivity index (χ2v) is 19.3. The minimum Gasteiger partial charge on any atom is -0.221 e. The van der Waals surface area contributed by atoms with Crippen molar-refractivity contribution < 1.29 is 0 Å². The number of rotatable bonds is 8. The highest BCUT2D eigenvalue weighted by molar-refractivity contribution is 8.32. The van der Waals surface area contributed by atoms with E-state index in [0.717, 1.165) is 18.6 Å². The van der Waals surface area contributed by atoms with Crippen LogP contribution in [0.2, 0.25) is 0 Å². The lowest BCUT2D eigenvalue weighted by molar-refractivity contribution is 0.924. The molecular formula is C57H58S. The molecule has 0 saturated carbocycles. The van der Waals surface area contributed by atoms with Gasteiger partial charge in [-0.15, -0.1) is 0 Å². The predicted molar refractivity (Wildman–Crippen MR) is 263 cm³/mol. The average molecular weight is 775 g/mol. The molecule has 0 fully saturated rings. The molecule has 0 heterocycles. The van der Waals surface area contributed by atoms with Gasteiger partial charge in [0.1, 0.15) is 0 Å². The van der Waals surface area contributed by atoms with Crippen molar-refractivity contribution in [3.05, 3.63) is 175 Å². The highest BCUT2D eigenvalue weighted by atomic mass is 32.3. The monoisotopic (exact) mass is 774 g/mol. The van der Waals surface area contributed by atoms with Crippen LogP contribution < -0.4 is 0 Å². The summed E-state index contributed by atoms with van der Waals surface area (Å²) in [5, 5.41) is 10.4. The molecule has 0 aliphatic rings. The maximum absolute atomic E-state index is 2.55. The summed E-state index contributed by atoms with van der Waals surface area (Å²) in [4.78, 5) is 1.46. The number of aryl methyl sites for hydroxylation is 1. The molecule has 0 N–H and O–H groups in total. The highest BCUT2D eigenvalue weighted by Crippen LogP contribution is 2.52. The number of hydrogen-bond donors (Lipinski definition) is 0. The van der Waals surface area contributed by atoms with Gasteiger partial charge in [0, 0.05) is 0 Å². The van der Waals surface area contributed by atoms with Gasteiger partial charge in [-0.05, 0) is 147 Å². The summed E-state index contributed by atoms with van der Waals surface area (Å²) < 4.78 is 0. The third-order valence-electron chi connectivity index (χ3n) is 11.6. The first-order valence-corrected chi connectivity index (χ1v) is 24.0. The van der Waals surface area contributed by atoms with Crippen LogP contribution >= 0.6 is 10.0 Å². The summed E-state index contributed by atoms with van der Waals surface area (Å²) in [6.07, 6.45) is 7.09. The zero-order valence-electron chi connectivity index (χ0n) is 35.7. The maximum Gasteiger partial charge on any atom is -0.00258 e. The highest BCUT2D eigenvalue weighted by Gasteiger charge is 2.21. The molecule has 0 saturated heterocycles. The van der Waals surface area contributed by atoms with Crippen LogP contribution in [0.25, 0.3) is 87.6 Å². The fourth-order valence-corrected chi connectivity index (χ4v) is 9.68. The number of hydrogen-bond acceptors (Lipinski definition) is 0. The standard InChI is InChI=1S/C53H46S.2C2H6/c1-5-15-36-28-30-48-50(32-36)52(41-22-11-20-39(33-41)46-26-13-18-37-16-7-9-24-44(37)46)49-31-29-43(54(3,4)6-2)35-51(49)53(48)42-23-12-21-40(34-42)47-27-14-19-38-17-8-10-25-45(38)47;2*1-2/h7-14,16-35H,5-6,15H2,1-4H3;2*1-2H3. The van der Waals surface area contributed by atoms with Crippen LogP contribution in [0.3, 0.4) is 0 Å². The Labute approximate surface area is 348 Å². The molecule has 0 spiro atoms. The quantitative estimate of drug-likeness (QED) is 0.135. The molecule has 9 aromatic rings. The van der Waals surface area contributed by atoms with Crippen molar-refractivity contribution in [2.24, 2.45) is 0 Å². The Kier molecular flexibility index (Phi) is 12.5. The van der Waals surface area contributed by atoms with Gasteiger partial charge in [0.25, 0.3) is 0 Å². The van der Waals surface area contributed by atoms with E-state index in [1.54, 1.807) is 0 Å². The molecule has 292 valence electrons. The van der Waals surface area contributed by atoms with Crippen molar-refractivity contribution in [3.8, 4) is 44.5 Å². The van der Waals surface area contributed by atoms with Crippen LogP contribution in [-0.4, -0.2) is 18.3 Å². The van der Waals surface area contributed by atoms with Gasteiger partial charge in [-0.25, -0.2) is 10.0 Å². The lowest BCUT2D eigenvalue weighted by Gasteiger charge is -2.31. The van der Waals surface area contributed by atoms with Gasteiger partial charge >= 0.3 is 0 Å². The third kappa shape index (κ3) is 7.69. The Morgan fingerprint density at radius 3 is 1.34 bits per heavy atom. The Balaban J connectivity index is 0.00000124. The van der Waals surface area contributed by atoms with E-state index in [-0.39, 0.29) is 0 Å². The molecule has 0 radical (unpaired) electrons. The fourth-order valence-electron chi connectivity index (χ4n) is 8.47. The lowest BCUT2D eigenvalue weighted by Crippen LogP contribution is -2.00. The lowest BCUT2D eigenvalue weighted by atomic mass is 9.84. The van der Waals surface area contributed by atoms with Crippen molar-refractivity contribution in [1.29, 1.82) is 0 Å². The van der Waals surface area contributed by atoms with E-state index < -0.39 is 10.0 Å². The fraction of sp³-hybridized carbons (Fsp3) is 0.193. The molecule has 0 bridgehead atoms. The van der Waals surface area contributed by atoms with Gasteiger partial charge < -0.3 is 0 Å². The van der Waals surface area contributed by atoms with Crippen molar-refractivity contribution >= 4 is 53.1 Å². The Hall–Kier alpha value is -5.63. The Morgan fingerprint density at radius 1 is 0.379 bits per heavy atom. The van der Waals surface area contributed by atoms with Gasteiger partial charge in [-0.1, -0.05) is 194 Å². The van der Waals surface area contributed by atoms with Gasteiger partial charge in [0.15, 0.2) is 0 Å². The predicted octanol–water partition coefficient (Wildman–Crippen LogP) is 17.4. The van der Waals surface area contributed by atoms with E-state index in [0.29, 0.717) is 0 Å². The zero-order chi connectivity index (χ0) is 40.8. The third-order valence-corrected chi connectivity index (χ3v) is 14.5. The molecule has 0 atom stereocenters. The van der Waals surface area contributed by atoms with Gasteiger partial charge in [0.2, 0.25) is 0 Å². The molecule has 0 aliphatic carbocycles. The van der Waals surface area contributed by atoms with Gasteiger partial charge in [-0.3, -0.25) is 0 Å². The van der Waals surface area contributed by atoms with Crippen LogP contribution in [0.4, 0.5) is 0 Å². The van der Waals surface area contributed by atoms with Crippen LogP contribution in [-0.2, 0) is 6.42 Å². The first-order chi connectivity index (χ1) is 28.4. The van der Waals surface area contributed by atoms with Crippen LogP contribution in [0, 0.1) is 0 Å². The molecular weight excluding hydrogens is 717 g/mol. The summed E-state index contributed by atoms with van der Waals surface area (Å²) in [5.41, 5.74) is 11.6. The minimum absolute atomic E-state index is 0.972. The first kappa shape index (κ1) is 40.6. The van der Waals surface area contributed by atoms with E-state index >= 15 is 0 Å². The average Bonchev–Trinajstić information content (AvgIpc) is 3.29. The molecule has 9 rings (SSSR count). The normalized spacial score (nSPS) is 11.6. The number of benzene rings is 9. The molecule has 1 heteroatoms. The van der Waals surface area contributed by atoms with E-state index in [4.69, 9.17) is 0 Å². The van der Waals surface area contributed by atoms with Gasteiger partial charge in [0.05, 0.1) is 0 Å². The van der Waals surface area contributed by atoms with Crippen molar-refractivity contribution in [3.63, 3.8) is 0 Å². The SMILES string of the molecule is CC.CC.CCCc1ccc2c(-c3cccc(-c4cccc5ccccc45)c3)c3cc(S(C)(C)CC)ccc3c(-c3cccc(-c4cccc5ccccc45)c3)c2c1. The van der Waals surface area contributed by atoms with Crippen molar-refractivity contribution in [2.75, 3.05) is 18.3 Å². The minimum atomic E-state index is -0.972. The summed E-state index contributed by atoms with van der Waals surface area (Å²) >= 11 is 0. The smallest absolute Gasteiger partial charge is 0.00258 e. The first-order valence-electron chi connectivity index (χ1n) is 21.3. The van der Waals surface area contributed by atoms with Crippen LogP contribution in [0.1, 0.15) is 53.5 Å². The van der Waals surface area contributed by atoms with E-state index in [9.17, 15) is 0 Å². The molecule has 0 aliphatic heterocycles. The molecule has 0 unspecified atom stereocenters. The van der Waals surface area contributed by atoms with Crippen molar-refractivity contribution in [1.82, 2.24) is 0 Å². The molecule has 9 aromatic carbocycles. The summed E-state index contributed by atoms with van der Waals surface area (Å²) in [6.45, 7) is 12.6. The van der Waals surface area contributed by atoms with Crippen molar-refractivity contribution in [2.45, 2.75) is 59.3 Å². The van der Waals surface area contributed by atoms with E-state index in [1.165, 1.54) is 98.1 Å². The maximum atomic E-state index is 2.55. The Bertz CT molecular complexity index is 2850. The second-order valence-electron chi connectivity index (χ2n) is 15.1. The molecule has 0 nitrogen and oxygen atoms in total. The molecule has 0 amide bonds. The summed E-state index contributed by atoms with van der Waals surface area (Å²) in [7, 11) is -0.972. The molecule has 58 heavy (non-hydrogen) atoms. The summed E-state index contributed by atoms with van der Waals surface area (Å²) in [6, 6.07) is 64.1. The largest absolute Gasteiger partial charge is 0.221 e. The van der Waals surface area contributed by atoms with Gasteiger partial charge in [-0.2, -0.15) is 0 Å². The second kappa shape index (κ2) is 17.9. The van der Waals surface area contributed by atoms with E-state index in [2.05, 4.69) is 196 Å². The van der Waals surface area contributed by atoms with Crippen LogP contribution in [0.5, 0.6) is 0 Å². The number of fused-ring (bicyclic) bond motifs is 4. The zero-order valence-corrected chi connectivity index (χ0v) is 36.5. The van der Waals surface area contributed by atoms with Crippen LogP contribution in [0.15, 0.2) is 175 Å². The summed E-state index contributed by atoms with van der Waals surface area (Å²) in [5.74, 6) is 1.15. The molecule has 0 aromatic heterocycles.